The van der Waals surface area contributed by atoms with Crippen LogP contribution >= 0.6 is 0 Å². The van der Waals surface area contributed by atoms with Crippen LogP contribution in [0.1, 0.15) is 38.5 Å². The van der Waals surface area contributed by atoms with Crippen molar-refractivity contribution >= 4 is 6.16 Å². The van der Waals surface area contributed by atoms with Gasteiger partial charge in [-0.2, -0.15) is 0 Å². The predicted octanol–water partition coefficient (Wildman–Crippen LogP) is 3.36. The minimum atomic E-state index is -0.541. The molecule has 16 heavy (non-hydrogen) atoms. The lowest BCUT2D eigenvalue weighted by molar-refractivity contribution is 0.0675. The van der Waals surface area contributed by atoms with Gasteiger partial charge in [0.25, 0.3) is 0 Å². The highest BCUT2D eigenvalue weighted by atomic mass is 16.7. The van der Waals surface area contributed by atoms with Gasteiger partial charge in [-0.1, -0.05) is 12.2 Å². The summed E-state index contributed by atoms with van der Waals surface area (Å²) in [5.41, 5.74) is 2.44. The van der Waals surface area contributed by atoms with Gasteiger partial charge in [0.05, 0.1) is 0 Å². The largest absolute Gasteiger partial charge is 0.508 e. The molecular formula is C13H18O3. The fourth-order valence-electron chi connectivity index (χ4n) is 2.08. The first-order chi connectivity index (χ1) is 7.84. The van der Waals surface area contributed by atoms with E-state index in [9.17, 15) is 4.79 Å². The number of hydrogen-bond donors (Lipinski definition) is 0. The van der Waals surface area contributed by atoms with E-state index in [0.717, 1.165) is 25.7 Å². The normalized spacial score (nSPS) is 19.2. The standard InChI is InChI=1S/C13H18O3/c14-13(15-9-11-5-1-2-6-11)16-10-12-7-3-4-8-12/h5,7H,1-4,6,8-10H2. The fourth-order valence-corrected chi connectivity index (χ4v) is 2.08. The van der Waals surface area contributed by atoms with Crippen LogP contribution < -0.4 is 0 Å². The zero-order chi connectivity index (χ0) is 11.2. The van der Waals surface area contributed by atoms with Crippen LogP contribution in [-0.2, 0) is 9.47 Å². The van der Waals surface area contributed by atoms with Crippen molar-refractivity contribution in [1.29, 1.82) is 0 Å². The van der Waals surface area contributed by atoms with Crippen molar-refractivity contribution in [3.63, 3.8) is 0 Å². The summed E-state index contributed by atoms with van der Waals surface area (Å²) in [5.74, 6) is 0. The van der Waals surface area contributed by atoms with Gasteiger partial charge < -0.3 is 9.47 Å². The number of carbonyl (C=O) groups is 1. The molecule has 0 N–H and O–H groups in total. The van der Waals surface area contributed by atoms with Gasteiger partial charge in [0.2, 0.25) is 0 Å². The Morgan fingerprint density at radius 3 is 1.88 bits per heavy atom. The van der Waals surface area contributed by atoms with Crippen LogP contribution in [0.5, 0.6) is 0 Å². The van der Waals surface area contributed by atoms with Crippen LogP contribution in [-0.4, -0.2) is 19.4 Å². The Labute approximate surface area is 96.1 Å². The average molecular weight is 222 g/mol. The Morgan fingerprint density at radius 1 is 1.00 bits per heavy atom. The molecular weight excluding hydrogens is 204 g/mol. The Bertz CT molecular complexity index is 285. The van der Waals surface area contributed by atoms with Crippen molar-refractivity contribution < 1.29 is 14.3 Å². The van der Waals surface area contributed by atoms with Crippen molar-refractivity contribution in [2.24, 2.45) is 0 Å². The SMILES string of the molecule is O=C(OCC1=CCCC1)OCC1=CCCC1. The average Bonchev–Trinajstić information content (AvgIpc) is 2.96. The van der Waals surface area contributed by atoms with E-state index in [1.54, 1.807) is 0 Å². The minimum absolute atomic E-state index is 0.401. The zero-order valence-corrected chi connectivity index (χ0v) is 9.54. The van der Waals surface area contributed by atoms with E-state index in [2.05, 4.69) is 12.2 Å². The second-order valence-electron chi connectivity index (χ2n) is 4.34. The lowest BCUT2D eigenvalue weighted by Gasteiger charge is -2.07. The quantitative estimate of drug-likeness (QED) is 0.540. The molecule has 3 heteroatoms. The van der Waals surface area contributed by atoms with Crippen LogP contribution in [0, 0.1) is 0 Å². The van der Waals surface area contributed by atoms with Gasteiger partial charge in [0.1, 0.15) is 13.2 Å². The minimum Gasteiger partial charge on any atom is -0.430 e. The molecule has 0 radical (unpaired) electrons. The predicted molar refractivity (Wildman–Crippen MR) is 61.2 cm³/mol. The molecule has 0 saturated heterocycles. The summed E-state index contributed by atoms with van der Waals surface area (Å²) in [4.78, 5) is 11.3. The van der Waals surface area contributed by atoms with Crippen molar-refractivity contribution in [1.82, 2.24) is 0 Å². The number of allylic oxidation sites excluding steroid dienone is 2. The number of ether oxygens (including phenoxy) is 2. The Morgan fingerprint density at radius 2 is 1.50 bits per heavy atom. The highest BCUT2D eigenvalue weighted by Crippen LogP contribution is 2.19. The smallest absolute Gasteiger partial charge is 0.430 e. The molecule has 0 aromatic rings. The lowest BCUT2D eigenvalue weighted by Crippen LogP contribution is -2.11. The molecule has 88 valence electrons. The molecule has 0 aromatic heterocycles. The molecule has 2 rings (SSSR count). The molecule has 0 aromatic carbocycles. The van der Waals surface area contributed by atoms with Gasteiger partial charge in [-0.05, 0) is 49.7 Å². The van der Waals surface area contributed by atoms with E-state index in [1.807, 2.05) is 0 Å². The molecule has 0 amide bonds. The summed E-state index contributed by atoms with van der Waals surface area (Å²) in [5, 5.41) is 0. The molecule has 0 bridgehead atoms. The summed E-state index contributed by atoms with van der Waals surface area (Å²) in [6, 6.07) is 0. The molecule has 0 aliphatic heterocycles. The van der Waals surface area contributed by atoms with Crippen LogP contribution in [0.3, 0.4) is 0 Å². The van der Waals surface area contributed by atoms with Crippen LogP contribution in [0.25, 0.3) is 0 Å². The van der Waals surface area contributed by atoms with Crippen molar-refractivity contribution in [3.05, 3.63) is 23.3 Å². The third-order valence-corrected chi connectivity index (χ3v) is 3.02. The van der Waals surface area contributed by atoms with E-state index < -0.39 is 6.16 Å². The van der Waals surface area contributed by atoms with E-state index in [-0.39, 0.29) is 0 Å². The topological polar surface area (TPSA) is 35.5 Å². The Kier molecular flexibility index (Phi) is 4.03. The van der Waals surface area contributed by atoms with Gasteiger partial charge in [-0.25, -0.2) is 4.79 Å². The maximum absolute atomic E-state index is 11.3. The molecule has 3 nitrogen and oxygen atoms in total. The Balaban J connectivity index is 1.60. The van der Waals surface area contributed by atoms with Gasteiger partial charge in [-0.3, -0.25) is 0 Å². The second kappa shape index (κ2) is 5.73. The van der Waals surface area contributed by atoms with Gasteiger partial charge in [0, 0.05) is 0 Å². The highest BCUT2D eigenvalue weighted by molar-refractivity contribution is 5.60. The molecule has 0 unspecified atom stereocenters. The van der Waals surface area contributed by atoms with Crippen molar-refractivity contribution in [3.8, 4) is 0 Å². The first-order valence-corrected chi connectivity index (χ1v) is 6.00. The van der Waals surface area contributed by atoms with Gasteiger partial charge >= 0.3 is 6.16 Å². The van der Waals surface area contributed by atoms with Crippen LogP contribution in [0.2, 0.25) is 0 Å². The number of rotatable bonds is 4. The molecule has 0 atom stereocenters. The molecule has 0 heterocycles. The second-order valence-corrected chi connectivity index (χ2v) is 4.34. The highest BCUT2D eigenvalue weighted by Gasteiger charge is 2.11. The summed E-state index contributed by atoms with van der Waals surface area (Å²) >= 11 is 0. The molecule has 0 spiro atoms. The van der Waals surface area contributed by atoms with Gasteiger partial charge in [-0.15, -0.1) is 0 Å². The third kappa shape index (κ3) is 3.40. The number of carbonyl (C=O) groups excluding carboxylic acids is 1. The molecule has 0 saturated carbocycles. The fraction of sp³-hybridized carbons (Fsp3) is 0.615. The maximum Gasteiger partial charge on any atom is 0.508 e. The van der Waals surface area contributed by atoms with Crippen molar-refractivity contribution in [2.75, 3.05) is 13.2 Å². The summed E-state index contributed by atoms with van der Waals surface area (Å²) in [7, 11) is 0. The number of hydrogen-bond acceptors (Lipinski definition) is 3. The van der Waals surface area contributed by atoms with E-state index >= 15 is 0 Å². The first kappa shape index (κ1) is 11.2. The molecule has 2 aliphatic carbocycles. The van der Waals surface area contributed by atoms with E-state index in [1.165, 1.54) is 24.0 Å². The maximum atomic E-state index is 11.3. The van der Waals surface area contributed by atoms with E-state index in [4.69, 9.17) is 9.47 Å². The summed E-state index contributed by atoms with van der Waals surface area (Å²) in [6.45, 7) is 0.801. The third-order valence-electron chi connectivity index (χ3n) is 3.02. The monoisotopic (exact) mass is 222 g/mol. The summed E-state index contributed by atoms with van der Waals surface area (Å²) in [6.07, 6.45) is 10.4. The van der Waals surface area contributed by atoms with Gasteiger partial charge in [0.15, 0.2) is 0 Å². The van der Waals surface area contributed by atoms with Crippen LogP contribution in [0.15, 0.2) is 23.3 Å². The first-order valence-electron chi connectivity index (χ1n) is 6.00. The zero-order valence-electron chi connectivity index (χ0n) is 9.54. The lowest BCUT2D eigenvalue weighted by atomic mass is 10.2. The molecule has 0 fully saturated rings. The van der Waals surface area contributed by atoms with Crippen LogP contribution in [0.4, 0.5) is 4.79 Å². The Hall–Kier alpha value is -1.25. The summed E-state index contributed by atoms with van der Waals surface area (Å²) < 4.78 is 10.1. The van der Waals surface area contributed by atoms with Crippen molar-refractivity contribution in [2.45, 2.75) is 38.5 Å². The van der Waals surface area contributed by atoms with E-state index in [0.29, 0.717) is 13.2 Å². The molecule has 2 aliphatic rings.